The molecule has 0 saturated heterocycles. The van der Waals surface area contributed by atoms with Gasteiger partial charge in [-0.1, -0.05) is 6.07 Å². The molecule has 7 heteroatoms. The molecule has 2 aromatic heterocycles. The minimum atomic E-state index is 0.287. The molecule has 0 bridgehead atoms. The lowest BCUT2D eigenvalue weighted by Gasteiger charge is -2.18. The normalized spacial score (nSPS) is 12.8. The largest absolute Gasteiger partial charge is 0.454 e. The summed E-state index contributed by atoms with van der Waals surface area (Å²) in [6.45, 7) is 0.983. The van der Waals surface area contributed by atoms with Gasteiger partial charge in [-0.05, 0) is 17.7 Å². The number of rotatable bonds is 3. The standard InChI is InChI=1S/C14H13N5O2/c1-19(14-12-13(16-6-15-12)17-7-18-14)5-9-2-3-10-11(4-9)21-8-20-10/h2-4,6-7H,5,8H2,1H3,(H,15,16,17,18). The van der Waals surface area contributed by atoms with E-state index in [4.69, 9.17) is 9.47 Å². The molecule has 0 radical (unpaired) electrons. The zero-order chi connectivity index (χ0) is 14.2. The Morgan fingerprint density at radius 2 is 2.10 bits per heavy atom. The summed E-state index contributed by atoms with van der Waals surface area (Å²) >= 11 is 0. The summed E-state index contributed by atoms with van der Waals surface area (Å²) in [4.78, 5) is 17.7. The molecule has 3 aromatic rings. The van der Waals surface area contributed by atoms with E-state index in [1.54, 1.807) is 6.33 Å². The highest BCUT2D eigenvalue weighted by Crippen LogP contribution is 2.33. The molecule has 1 N–H and O–H groups in total. The number of hydrogen-bond donors (Lipinski definition) is 1. The second-order valence-electron chi connectivity index (χ2n) is 4.84. The molecule has 0 unspecified atom stereocenters. The molecular formula is C14H13N5O2. The maximum atomic E-state index is 5.40. The van der Waals surface area contributed by atoms with Crippen molar-refractivity contribution in [2.75, 3.05) is 18.7 Å². The SMILES string of the molecule is CN(Cc1ccc2c(c1)OCO2)c1ncnc2nc[nH]c12. The third-order valence-corrected chi connectivity index (χ3v) is 3.42. The van der Waals surface area contributed by atoms with Crippen LogP contribution in [-0.2, 0) is 6.54 Å². The predicted molar refractivity (Wildman–Crippen MR) is 76.4 cm³/mol. The molecule has 0 fully saturated rings. The molecular weight excluding hydrogens is 270 g/mol. The molecule has 0 amide bonds. The van der Waals surface area contributed by atoms with Crippen molar-refractivity contribution in [2.24, 2.45) is 0 Å². The number of fused-ring (bicyclic) bond motifs is 2. The van der Waals surface area contributed by atoms with Crippen LogP contribution in [0.2, 0.25) is 0 Å². The molecule has 1 aliphatic rings. The molecule has 21 heavy (non-hydrogen) atoms. The zero-order valence-corrected chi connectivity index (χ0v) is 11.4. The summed E-state index contributed by atoms with van der Waals surface area (Å²) in [5.74, 6) is 2.39. The van der Waals surface area contributed by atoms with Gasteiger partial charge in [0.25, 0.3) is 0 Å². The Morgan fingerprint density at radius 3 is 3.05 bits per heavy atom. The summed E-state index contributed by atoms with van der Waals surface area (Å²) in [6.07, 6.45) is 3.14. The zero-order valence-electron chi connectivity index (χ0n) is 11.4. The van der Waals surface area contributed by atoms with Crippen molar-refractivity contribution in [3.05, 3.63) is 36.4 Å². The molecule has 7 nitrogen and oxygen atoms in total. The predicted octanol–water partition coefficient (Wildman–Crippen LogP) is 1.72. The van der Waals surface area contributed by atoms with Crippen LogP contribution >= 0.6 is 0 Å². The minimum Gasteiger partial charge on any atom is -0.454 e. The van der Waals surface area contributed by atoms with Gasteiger partial charge < -0.3 is 19.4 Å². The summed E-state index contributed by atoms with van der Waals surface area (Å²) in [6, 6.07) is 5.94. The van der Waals surface area contributed by atoms with Crippen LogP contribution in [0.25, 0.3) is 11.2 Å². The fourth-order valence-electron chi connectivity index (χ4n) is 2.43. The molecule has 3 heterocycles. The van der Waals surface area contributed by atoms with Gasteiger partial charge in [-0.3, -0.25) is 0 Å². The maximum Gasteiger partial charge on any atom is 0.231 e. The molecule has 0 atom stereocenters. The van der Waals surface area contributed by atoms with Crippen molar-refractivity contribution in [1.82, 2.24) is 19.9 Å². The number of benzene rings is 1. The Morgan fingerprint density at radius 1 is 1.19 bits per heavy atom. The Balaban J connectivity index is 1.63. The van der Waals surface area contributed by atoms with Gasteiger partial charge in [0.2, 0.25) is 6.79 Å². The van der Waals surface area contributed by atoms with Crippen molar-refractivity contribution >= 4 is 17.0 Å². The van der Waals surface area contributed by atoms with Crippen LogP contribution in [-0.4, -0.2) is 33.8 Å². The van der Waals surface area contributed by atoms with Gasteiger partial charge >= 0.3 is 0 Å². The lowest BCUT2D eigenvalue weighted by Crippen LogP contribution is -2.18. The second kappa shape index (κ2) is 4.62. The van der Waals surface area contributed by atoms with Crippen LogP contribution in [0, 0.1) is 0 Å². The van der Waals surface area contributed by atoms with E-state index in [1.165, 1.54) is 6.33 Å². The molecule has 106 valence electrons. The number of aromatic nitrogens is 4. The van der Waals surface area contributed by atoms with Gasteiger partial charge in [-0.2, -0.15) is 0 Å². The summed E-state index contributed by atoms with van der Waals surface area (Å²) in [5.41, 5.74) is 2.62. The Labute approximate surface area is 120 Å². The fraction of sp³-hybridized carbons (Fsp3) is 0.214. The average molecular weight is 283 g/mol. The third kappa shape index (κ3) is 2.03. The van der Waals surface area contributed by atoms with Crippen molar-refractivity contribution in [1.29, 1.82) is 0 Å². The lowest BCUT2D eigenvalue weighted by molar-refractivity contribution is 0.174. The van der Waals surface area contributed by atoms with Gasteiger partial charge in [0.1, 0.15) is 11.8 Å². The summed E-state index contributed by atoms with van der Waals surface area (Å²) < 4.78 is 10.7. The monoisotopic (exact) mass is 283 g/mol. The fourth-order valence-corrected chi connectivity index (χ4v) is 2.43. The number of imidazole rings is 1. The molecule has 4 rings (SSSR count). The van der Waals surface area contributed by atoms with E-state index in [0.29, 0.717) is 12.2 Å². The van der Waals surface area contributed by atoms with Gasteiger partial charge in [0, 0.05) is 13.6 Å². The third-order valence-electron chi connectivity index (χ3n) is 3.42. The minimum absolute atomic E-state index is 0.287. The molecule has 1 aliphatic heterocycles. The first-order chi connectivity index (χ1) is 10.3. The molecule has 0 aliphatic carbocycles. The van der Waals surface area contributed by atoms with Gasteiger partial charge in [-0.25, -0.2) is 15.0 Å². The summed E-state index contributed by atoms with van der Waals surface area (Å²) in [7, 11) is 1.98. The molecule has 0 saturated carbocycles. The Kier molecular flexibility index (Phi) is 2.63. The summed E-state index contributed by atoms with van der Waals surface area (Å²) in [5, 5.41) is 0. The van der Waals surface area contributed by atoms with Crippen molar-refractivity contribution < 1.29 is 9.47 Å². The number of H-pyrrole nitrogens is 1. The van der Waals surface area contributed by atoms with Crippen LogP contribution in [0.5, 0.6) is 11.5 Å². The highest BCUT2D eigenvalue weighted by Gasteiger charge is 2.15. The van der Waals surface area contributed by atoms with Gasteiger partial charge in [-0.15, -0.1) is 0 Å². The first kappa shape index (κ1) is 12.0. The van der Waals surface area contributed by atoms with Gasteiger partial charge in [0.05, 0.1) is 6.33 Å². The molecule has 1 aromatic carbocycles. The van der Waals surface area contributed by atoms with E-state index in [9.17, 15) is 0 Å². The van der Waals surface area contributed by atoms with Crippen molar-refractivity contribution in [3.8, 4) is 11.5 Å². The number of hydrogen-bond acceptors (Lipinski definition) is 6. The Hall–Kier alpha value is -2.83. The highest BCUT2D eigenvalue weighted by molar-refractivity contribution is 5.82. The first-order valence-electron chi connectivity index (χ1n) is 6.55. The smallest absolute Gasteiger partial charge is 0.231 e. The highest BCUT2D eigenvalue weighted by atomic mass is 16.7. The average Bonchev–Trinajstić information content (AvgIpc) is 3.14. The number of ether oxygens (including phenoxy) is 2. The van der Waals surface area contributed by atoms with E-state index >= 15 is 0 Å². The number of nitrogens with zero attached hydrogens (tertiary/aromatic N) is 4. The van der Waals surface area contributed by atoms with E-state index in [1.807, 2.05) is 30.1 Å². The van der Waals surface area contributed by atoms with Crippen molar-refractivity contribution in [2.45, 2.75) is 6.54 Å². The van der Waals surface area contributed by atoms with E-state index in [0.717, 1.165) is 28.4 Å². The van der Waals surface area contributed by atoms with E-state index in [-0.39, 0.29) is 6.79 Å². The van der Waals surface area contributed by atoms with Gasteiger partial charge in [0.15, 0.2) is 23.0 Å². The number of nitrogens with one attached hydrogen (secondary N) is 1. The Bertz CT molecular complexity index is 801. The van der Waals surface area contributed by atoms with Crippen LogP contribution < -0.4 is 14.4 Å². The van der Waals surface area contributed by atoms with Crippen LogP contribution in [0.4, 0.5) is 5.82 Å². The van der Waals surface area contributed by atoms with Crippen molar-refractivity contribution in [3.63, 3.8) is 0 Å². The number of anilines is 1. The first-order valence-corrected chi connectivity index (χ1v) is 6.55. The number of aromatic amines is 1. The topological polar surface area (TPSA) is 76.2 Å². The second-order valence-corrected chi connectivity index (χ2v) is 4.84. The molecule has 0 spiro atoms. The van der Waals surface area contributed by atoms with Crippen LogP contribution in [0.3, 0.4) is 0 Å². The van der Waals surface area contributed by atoms with Crippen LogP contribution in [0.15, 0.2) is 30.9 Å². The van der Waals surface area contributed by atoms with Crippen LogP contribution in [0.1, 0.15) is 5.56 Å². The van der Waals surface area contributed by atoms with E-state index in [2.05, 4.69) is 19.9 Å². The lowest BCUT2D eigenvalue weighted by atomic mass is 10.2. The maximum absolute atomic E-state index is 5.40. The van der Waals surface area contributed by atoms with E-state index < -0.39 is 0 Å². The quantitative estimate of drug-likeness (QED) is 0.788.